The average Bonchev–Trinajstić information content (AvgIpc) is 3.13. The molecule has 1 aromatic carbocycles. The van der Waals surface area contributed by atoms with Crippen LogP contribution in [0.2, 0.25) is 0 Å². The third-order valence-electron chi connectivity index (χ3n) is 4.36. The smallest absolute Gasteiger partial charge is 0.215 e. The fourth-order valence-electron chi connectivity index (χ4n) is 2.87. The number of nitrogens with one attached hydrogen (secondary N) is 2. The number of pyridine rings is 1. The van der Waals surface area contributed by atoms with Crippen LogP contribution < -0.4 is 15.4 Å². The lowest BCUT2D eigenvalue weighted by atomic mass is 10.1. The first-order valence-corrected chi connectivity index (χ1v) is 9.64. The van der Waals surface area contributed by atoms with E-state index in [4.69, 9.17) is 14.6 Å². The largest absolute Gasteiger partial charge is 0.475 e. The van der Waals surface area contributed by atoms with Crippen molar-refractivity contribution in [2.45, 2.75) is 26.3 Å². The van der Waals surface area contributed by atoms with Crippen LogP contribution in [0.15, 0.2) is 48.7 Å². The number of aromatic nitrogens is 3. The number of hydrogen-bond acceptors (Lipinski definition) is 6. The molecule has 0 bridgehead atoms. The van der Waals surface area contributed by atoms with E-state index in [0.29, 0.717) is 19.1 Å². The van der Waals surface area contributed by atoms with Gasteiger partial charge in [-0.15, -0.1) is 0 Å². The highest BCUT2D eigenvalue weighted by Gasteiger charge is 2.20. The zero-order chi connectivity index (χ0) is 20.9. The molecule has 0 aliphatic heterocycles. The topological polar surface area (TPSA) is 73.2 Å². The van der Waals surface area contributed by atoms with Crippen LogP contribution in [0.5, 0.6) is 5.88 Å². The summed E-state index contributed by atoms with van der Waals surface area (Å²) < 4.78 is 12.6. The quantitative estimate of drug-likeness (QED) is 0.547. The van der Waals surface area contributed by atoms with E-state index < -0.39 is 0 Å². The maximum atomic E-state index is 5.61. The van der Waals surface area contributed by atoms with Gasteiger partial charge < -0.3 is 20.1 Å². The Morgan fingerprint density at radius 3 is 2.41 bits per heavy atom. The van der Waals surface area contributed by atoms with Crippen molar-refractivity contribution in [2.24, 2.45) is 0 Å². The zero-order valence-corrected chi connectivity index (χ0v) is 17.7. The Kier molecular flexibility index (Phi) is 6.39. The van der Waals surface area contributed by atoms with Crippen molar-refractivity contribution in [3.05, 3.63) is 48.7 Å². The lowest BCUT2D eigenvalue weighted by Crippen LogP contribution is -2.24. The summed E-state index contributed by atoms with van der Waals surface area (Å²) in [6.07, 6.45) is 1.72. The third kappa shape index (κ3) is 5.26. The molecule has 0 saturated carbocycles. The summed E-state index contributed by atoms with van der Waals surface area (Å²) in [5.74, 6) is 1.45. The first-order valence-electron chi connectivity index (χ1n) is 9.64. The van der Waals surface area contributed by atoms with Gasteiger partial charge in [0.05, 0.1) is 17.8 Å². The average molecular weight is 396 g/mol. The van der Waals surface area contributed by atoms with E-state index in [1.54, 1.807) is 13.3 Å². The lowest BCUT2D eigenvalue weighted by Gasteiger charge is -2.22. The second-order valence-electron chi connectivity index (χ2n) is 7.67. The highest BCUT2D eigenvalue weighted by atomic mass is 16.5. The van der Waals surface area contributed by atoms with Gasteiger partial charge in [-0.2, -0.15) is 5.10 Å². The van der Waals surface area contributed by atoms with Crippen LogP contribution in [0.25, 0.3) is 11.3 Å². The summed E-state index contributed by atoms with van der Waals surface area (Å²) in [5, 5.41) is 11.5. The first-order chi connectivity index (χ1) is 13.9. The highest BCUT2D eigenvalue weighted by molar-refractivity contribution is 5.68. The van der Waals surface area contributed by atoms with E-state index in [0.717, 1.165) is 28.5 Å². The third-order valence-corrected chi connectivity index (χ3v) is 4.36. The molecule has 154 valence electrons. The van der Waals surface area contributed by atoms with Crippen molar-refractivity contribution in [2.75, 3.05) is 38.0 Å². The van der Waals surface area contributed by atoms with Gasteiger partial charge in [0.15, 0.2) is 0 Å². The van der Waals surface area contributed by atoms with Crippen LogP contribution in [0, 0.1) is 0 Å². The van der Waals surface area contributed by atoms with Crippen LogP contribution in [0.3, 0.4) is 0 Å². The molecular formula is C22H29N5O2. The molecule has 3 aromatic rings. The van der Waals surface area contributed by atoms with Gasteiger partial charge >= 0.3 is 0 Å². The number of anilines is 3. The van der Waals surface area contributed by atoms with E-state index in [2.05, 4.69) is 54.6 Å². The zero-order valence-electron chi connectivity index (χ0n) is 17.7. The fraction of sp³-hybridized carbons (Fsp3) is 0.364. The molecule has 0 unspecified atom stereocenters. The Balaban J connectivity index is 1.88. The summed E-state index contributed by atoms with van der Waals surface area (Å²) in [7, 11) is 3.56. The molecule has 7 nitrogen and oxygen atoms in total. The molecule has 0 amide bonds. The molecule has 3 rings (SSSR count). The van der Waals surface area contributed by atoms with Gasteiger partial charge in [-0.25, -0.2) is 9.67 Å². The summed E-state index contributed by atoms with van der Waals surface area (Å²) >= 11 is 0. The molecule has 0 fully saturated rings. The standard InChI is InChI=1S/C22H29N5O2/c1-22(2,3)27-20(15-19(26-27)16-6-8-17(23-4)9-7-16)25-18-10-11-24-21(14-18)29-13-12-28-5/h6-11,14-15,23H,12-13H2,1-5H3,(H,24,25). The van der Waals surface area contributed by atoms with E-state index in [1.807, 2.05) is 36.0 Å². The van der Waals surface area contributed by atoms with Gasteiger partial charge in [-0.05, 0) is 39.0 Å². The lowest BCUT2D eigenvalue weighted by molar-refractivity contribution is 0.144. The van der Waals surface area contributed by atoms with Gasteiger partial charge in [0.25, 0.3) is 0 Å². The first kappa shape index (κ1) is 20.7. The second kappa shape index (κ2) is 8.96. The molecular weight excluding hydrogens is 366 g/mol. The Hall–Kier alpha value is -3.06. The molecule has 0 saturated heterocycles. The van der Waals surface area contributed by atoms with Crippen molar-refractivity contribution in [1.82, 2.24) is 14.8 Å². The van der Waals surface area contributed by atoms with Crippen molar-refractivity contribution in [3.8, 4) is 17.1 Å². The molecule has 2 aromatic heterocycles. The summed E-state index contributed by atoms with van der Waals surface area (Å²) in [6.45, 7) is 7.37. The predicted octanol–water partition coefficient (Wildman–Crippen LogP) is 4.51. The number of nitrogens with zero attached hydrogens (tertiary/aromatic N) is 3. The Morgan fingerprint density at radius 1 is 1.00 bits per heavy atom. The van der Waals surface area contributed by atoms with Crippen LogP contribution in [0.1, 0.15) is 20.8 Å². The Labute approximate surface area is 172 Å². The molecule has 7 heteroatoms. The number of rotatable bonds is 8. The Morgan fingerprint density at radius 2 is 1.76 bits per heavy atom. The molecule has 0 spiro atoms. The SMILES string of the molecule is CNc1ccc(-c2cc(Nc3ccnc(OCCOC)c3)n(C(C)(C)C)n2)cc1. The van der Waals surface area contributed by atoms with Crippen molar-refractivity contribution >= 4 is 17.2 Å². The van der Waals surface area contributed by atoms with Crippen molar-refractivity contribution in [3.63, 3.8) is 0 Å². The molecule has 0 aliphatic rings. The predicted molar refractivity (Wildman–Crippen MR) is 117 cm³/mol. The van der Waals surface area contributed by atoms with Crippen LogP contribution in [0.4, 0.5) is 17.2 Å². The van der Waals surface area contributed by atoms with Gasteiger partial charge in [0, 0.05) is 49.4 Å². The van der Waals surface area contributed by atoms with Gasteiger partial charge in [-0.1, -0.05) is 12.1 Å². The molecule has 2 N–H and O–H groups in total. The van der Waals surface area contributed by atoms with Crippen molar-refractivity contribution in [1.29, 1.82) is 0 Å². The molecule has 2 heterocycles. The fourth-order valence-corrected chi connectivity index (χ4v) is 2.87. The molecule has 0 radical (unpaired) electrons. The van der Waals surface area contributed by atoms with Crippen LogP contribution in [-0.2, 0) is 10.3 Å². The molecule has 0 aliphatic carbocycles. The van der Waals surface area contributed by atoms with Crippen LogP contribution in [-0.4, -0.2) is 42.1 Å². The monoisotopic (exact) mass is 395 g/mol. The number of benzene rings is 1. The van der Waals surface area contributed by atoms with Gasteiger partial charge in [-0.3, -0.25) is 0 Å². The van der Waals surface area contributed by atoms with Crippen molar-refractivity contribution < 1.29 is 9.47 Å². The highest BCUT2D eigenvalue weighted by Crippen LogP contribution is 2.30. The summed E-state index contributed by atoms with van der Waals surface area (Å²) in [5.41, 5.74) is 3.75. The Bertz CT molecular complexity index is 929. The minimum Gasteiger partial charge on any atom is -0.475 e. The minimum absolute atomic E-state index is 0.184. The van der Waals surface area contributed by atoms with E-state index in [9.17, 15) is 0 Å². The second-order valence-corrected chi connectivity index (χ2v) is 7.67. The maximum Gasteiger partial charge on any atom is 0.215 e. The maximum absolute atomic E-state index is 5.61. The molecule has 29 heavy (non-hydrogen) atoms. The summed E-state index contributed by atoms with van der Waals surface area (Å²) in [4.78, 5) is 4.25. The van der Waals surface area contributed by atoms with E-state index in [-0.39, 0.29) is 5.54 Å². The van der Waals surface area contributed by atoms with Gasteiger partial charge in [0.2, 0.25) is 5.88 Å². The van der Waals surface area contributed by atoms with E-state index in [1.165, 1.54) is 0 Å². The number of methoxy groups -OCH3 is 1. The summed E-state index contributed by atoms with van der Waals surface area (Å²) in [6, 6.07) is 14.1. The molecule has 0 atom stereocenters. The van der Waals surface area contributed by atoms with Crippen LogP contribution >= 0.6 is 0 Å². The number of ether oxygens (including phenoxy) is 2. The van der Waals surface area contributed by atoms with E-state index >= 15 is 0 Å². The normalized spacial score (nSPS) is 11.3. The van der Waals surface area contributed by atoms with Gasteiger partial charge in [0.1, 0.15) is 12.4 Å². The minimum atomic E-state index is -0.184. The number of hydrogen-bond donors (Lipinski definition) is 2.